The van der Waals surface area contributed by atoms with E-state index in [2.05, 4.69) is 15.5 Å². The summed E-state index contributed by atoms with van der Waals surface area (Å²) in [6.45, 7) is 5.89. The maximum atomic E-state index is 12.2. The van der Waals surface area contributed by atoms with E-state index in [1.54, 1.807) is 7.11 Å². The van der Waals surface area contributed by atoms with Gasteiger partial charge < -0.3 is 10.1 Å². The van der Waals surface area contributed by atoms with Gasteiger partial charge in [0.25, 0.3) is 0 Å². The molecular weight excluding hydrogens is 372 g/mol. The van der Waals surface area contributed by atoms with Crippen molar-refractivity contribution in [1.82, 2.24) is 20.1 Å². The van der Waals surface area contributed by atoms with Crippen molar-refractivity contribution in [1.29, 1.82) is 0 Å². The molecule has 1 N–H and O–H groups in total. The van der Waals surface area contributed by atoms with E-state index in [0.717, 1.165) is 17.0 Å². The molecule has 3 aromatic rings. The smallest absolute Gasteiger partial charge is 0.230 e. The van der Waals surface area contributed by atoms with Crippen LogP contribution in [0.3, 0.4) is 0 Å². The monoisotopic (exact) mass is 396 g/mol. The summed E-state index contributed by atoms with van der Waals surface area (Å²) >= 11 is 1.37. The lowest BCUT2D eigenvalue weighted by Crippen LogP contribution is -2.41. The quantitative estimate of drug-likeness (QED) is 0.639. The lowest BCUT2D eigenvalue weighted by atomic mass is 10.1. The van der Waals surface area contributed by atoms with Crippen LogP contribution in [0, 0.1) is 0 Å². The second-order valence-electron chi connectivity index (χ2n) is 7.29. The van der Waals surface area contributed by atoms with Gasteiger partial charge in [-0.05, 0) is 57.2 Å². The number of nitrogens with one attached hydrogen (secondary N) is 1. The maximum absolute atomic E-state index is 12.2. The molecule has 0 spiro atoms. The van der Waals surface area contributed by atoms with E-state index in [-0.39, 0.29) is 17.2 Å². The number of thioether (sulfide) groups is 1. The highest BCUT2D eigenvalue weighted by Gasteiger charge is 2.19. The van der Waals surface area contributed by atoms with Gasteiger partial charge >= 0.3 is 0 Å². The van der Waals surface area contributed by atoms with Crippen LogP contribution in [0.5, 0.6) is 5.75 Å². The molecule has 3 rings (SSSR count). The standard InChI is InChI=1S/C21H24N4O2S/c1-21(2,3)22-18(26)14-28-20-24-23-19(15-10-12-17(27-4)13-11-15)25(20)16-8-6-5-7-9-16/h5-13H,14H2,1-4H3,(H,22,26). The van der Waals surface area contributed by atoms with Gasteiger partial charge in [-0.3, -0.25) is 9.36 Å². The minimum absolute atomic E-state index is 0.0360. The molecular formula is C21H24N4O2S. The first-order valence-corrected chi connectivity index (χ1v) is 9.95. The zero-order valence-corrected chi connectivity index (χ0v) is 17.3. The van der Waals surface area contributed by atoms with Gasteiger partial charge in [0.1, 0.15) is 5.75 Å². The highest BCUT2D eigenvalue weighted by molar-refractivity contribution is 7.99. The van der Waals surface area contributed by atoms with Gasteiger partial charge in [0, 0.05) is 16.8 Å². The summed E-state index contributed by atoms with van der Waals surface area (Å²) in [7, 11) is 1.64. The van der Waals surface area contributed by atoms with E-state index in [4.69, 9.17) is 4.74 Å². The van der Waals surface area contributed by atoms with Crippen molar-refractivity contribution >= 4 is 17.7 Å². The van der Waals surface area contributed by atoms with E-state index in [0.29, 0.717) is 11.0 Å². The summed E-state index contributed by atoms with van der Waals surface area (Å²) in [5.74, 6) is 1.73. The van der Waals surface area contributed by atoms with Crippen LogP contribution in [-0.4, -0.2) is 39.1 Å². The SMILES string of the molecule is COc1ccc(-c2nnc(SCC(=O)NC(C)(C)C)n2-c2ccccc2)cc1. The van der Waals surface area contributed by atoms with Gasteiger partial charge in [-0.1, -0.05) is 30.0 Å². The number of hydrogen-bond acceptors (Lipinski definition) is 5. The molecule has 28 heavy (non-hydrogen) atoms. The number of ether oxygens (including phenoxy) is 1. The van der Waals surface area contributed by atoms with Gasteiger partial charge in [-0.2, -0.15) is 0 Å². The largest absolute Gasteiger partial charge is 0.497 e. The number of methoxy groups -OCH3 is 1. The molecule has 1 heterocycles. The number of hydrogen-bond donors (Lipinski definition) is 1. The van der Waals surface area contributed by atoms with Crippen molar-refractivity contribution in [2.45, 2.75) is 31.5 Å². The Bertz CT molecular complexity index is 931. The average molecular weight is 397 g/mol. The van der Waals surface area contributed by atoms with Crippen molar-refractivity contribution in [2.24, 2.45) is 0 Å². The fraction of sp³-hybridized carbons (Fsp3) is 0.286. The molecule has 0 unspecified atom stereocenters. The molecule has 1 amide bonds. The molecule has 146 valence electrons. The first-order valence-electron chi connectivity index (χ1n) is 8.96. The first kappa shape index (κ1) is 19.9. The predicted octanol–water partition coefficient (Wildman–Crippen LogP) is 3.95. The Kier molecular flexibility index (Phi) is 6.04. The molecule has 0 saturated carbocycles. The number of benzene rings is 2. The van der Waals surface area contributed by atoms with Crippen molar-refractivity contribution < 1.29 is 9.53 Å². The molecule has 0 aliphatic carbocycles. The number of para-hydroxylation sites is 1. The second-order valence-corrected chi connectivity index (χ2v) is 8.23. The zero-order chi connectivity index (χ0) is 20.1. The van der Waals surface area contributed by atoms with Gasteiger partial charge in [0.15, 0.2) is 11.0 Å². The molecule has 0 aliphatic rings. The number of carbonyl (C=O) groups is 1. The number of carbonyl (C=O) groups excluding carboxylic acids is 1. The van der Waals surface area contributed by atoms with Crippen LogP contribution in [-0.2, 0) is 4.79 Å². The molecule has 0 aliphatic heterocycles. The minimum Gasteiger partial charge on any atom is -0.497 e. The lowest BCUT2D eigenvalue weighted by molar-refractivity contribution is -0.119. The van der Waals surface area contributed by atoms with Crippen molar-refractivity contribution in [3.8, 4) is 22.8 Å². The molecule has 6 nitrogen and oxygen atoms in total. The predicted molar refractivity (Wildman–Crippen MR) is 112 cm³/mol. The van der Waals surface area contributed by atoms with Gasteiger partial charge in [-0.15, -0.1) is 10.2 Å². The van der Waals surface area contributed by atoms with E-state index in [1.807, 2.05) is 79.9 Å². The molecule has 0 saturated heterocycles. The van der Waals surface area contributed by atoms with Crippen LogP contribution in [0.25, 0.3) is 17.1 Å². The van der Waals surface area contributed by atoms with Gasteiger partial charge in [0.2, 0.25) is 5.91 Å². The Morgan fingerprint density at radius 1 is 1.07 bits per heavy atom. The Labute approximate surface area is 169 Å². The Balaban J connectivity index is 1.92. The van der Waals surface area contributed by atoms with E-state index in [9.17, 15) is 4.79 Å². The van der Waals surface area contributed by atoms with E-state index < -0.39 is 0 Å². The second kappa shape index (κ2) is 8.48. The summed E-state index contributed by atoms with van der Waals surface area (Å²) in [5, 5.41) is 12.4. The number of amides is 1. The van der Waals surface area contributed by atoms with Crippen LogP contribution >= 0.6 is 11.8 Å². The molecule has 0 atom stereocenters. The fourth-order valence-corrected chi connectivity index (χ4v) is 3.44. The molecule has 0 fully saturated rings. The summed E-state index contributed by atoms with van der Waals surface area (Å²) in [6.07, 6.45) is 0. The Morgan fingerprint density at radius 3 is 2.36 bits per heavy atom. The van der Waals surface area contributed by atoms with Gasteiger partial charge in [0.05, 0.1) is 12.9 Å². The average Bonchev–Trinajstić information content (AvgIpc) is 3.10. The van der Waals surface area contributed by atoms with Crippen LogP contribution in [0.4, 0.5) is 0 Å². The van der Waals surface area contributed by atoms with Crippen LogP contribution in [0.15, 0.2) is 59.8 Å². The molecule has 0 radical (unpaired) electrons. The Hall–Kier alpha value is -2.80. The van der Waals surface area contributed by atoms with E-state index >= 15 is 0 Å². The third-order valence-electron chi connectivity index (χ3n) is 3.84. The summed E-state index contributed by atoms with van der Waals surface area (Å²) in [5.41, 5.74) is 1.60. The fourth-order valence-electron chi connectivity index (χ4n) is 2.68. The minimum atomic E-state index is -0.265. The molecule has 0 bridgehead atoms. The zero-order valence-electron chi connectivity index (χ0n) is 16.5. The van der Waals surface area contributed by atoms with Crippen molar-refractivity contribution in [3.05, 3.63) is 54.6 Å². The number of aromatic nitrogens is 3. The van der Waals surface area contributed by atoms with Crippen LogP contribution in [0.1, 0.15) is 20.8 Å². The normalized spacial score (nSPS) is 11.3. The van der Waals surface area contributed by atoms with E-state index in [1.165, 1.54) is 11.8 Å². The third kappa shape index (κ3) is 4.92. The molecule has 2 aromatic carbocycles. The Morgan fingerprint density at radius 2 is 1.75 bits per heavy atom. The van der Waals surface area contributed by atoms with Crippen LogP contribution in [0.2, 0.25) is 0 Å². The van der Waals surface area contributed by atoms with Crippen molar-refractivity contribution in [2.75, 3.05) is 12.9 Å². The number of rotatable bonds is 6. The number of nitrogens with zero attached hydrogens (tertiary/aromatic N) is 3. The van der Waals surface area contributed by atoms with Crippen LogP contribution < -0.4 is 10.1 Å². The first-order chi connectivity index (χ1) is 13.4. The van der Waals surface area contributed by atoms with Gasteiger partial charge in [-0.25, -0.2) is 0 Å². The van der Waals surface area contributed by atoms with Crippen molar-refractivity contribution in [3.63, 3.8) is 0 Å². The topological polar surface area (TPSA) is 69.0 Å². The highest BCUT2D eigenvalue weighted by atomic mass is 32.2. The summed E-state index contributed by atoms with van der Waals surface area (Å²) < 4.78 is 7.21. The molecule has 1 aromatic heterocycles. The third-order valence-corrected chi connectivity index (χ3v) is 4.77. The highest BCUT2D eigenvalue weighted by Crippen LogP contribution is 2.29. The summed E-state index contributed by atoms with van der Waals surface area (Å²) in [4.78, 5) is 12.2. The molecule has 7 heteroatoms. The summed E-state index contributed by atoms with van der Waals surface area (Å²) in [6, 6.07) is 17.6. The lowest BCUT2D eigenvalue weighted by Gasteiger charge is -2.20. The maximum Gasteiger partial charge on any atom is 0.230 e.